The van der Waals surface area contributed by atoms with Crippen LogP contribution in [-0.4, -0.2) is 44.2 Å². The fourth-order valence-corrected chi connectivity index (χ4v) is 2.54. The first kappa shape index (κ1) is 12.0. The van der Waals surface area contributed by atoms with Gasteiger partial charge >= 0.3 is 0 Å². The highest BCUT2D eigenvalue weighted by atomic mass is 16.5. The first-order valence-corrected chi connectivity index (χ1v) is 5.59. The van der Waals surface area contributed by atoms with Gasteiger partial charge in [0.25, 0.3) is 0 Å². The van der Waals surface area contributed by atoms with Crippen molar-refractivity contribution < 1.29 is 14.0 Å². The molecule has 2 unspecified atom stereocenters. The van der Waals surface area contributed by atoms with E-state index in [9.17, 15) is 0 Å². The number of likely N-dealkylation sites (tertiary alicyclic amines) is 1. The third-order valence-electron chi connectivity index (χ3n) is 3.78. The van der Waals surface area contributed by atoms with Gasteiger partial charge in [-0.15, -0.1) is 0 Å². The molecule has 1 saturated heterocycles. The van der Waals surface area contributed by atoms with Crippen LogP contribution in [-0.2, 0) is 9.47 Å². The number of hydrogen-bond donors (Lipinski definition) is 0. The Morgan fingerprint density at radius 1 is 0.857 bits per heavy atom. The van der Waals surface area contributed by atoms with Crippen molar-refractivity contribution in [3.63, 3.8) is 0 Å². The second-order valence-corrected chi connectivity index (χ2v) is 4.28. The first-order chi connectivity index (χ1) is 6.67. The number of hydrogen-bond acceptors (Lipinski definition) is 2. The maximum atomic E-state index is 5.51. The van der Waals surface area contributed by atoms with Gasteiger partial charge < -0.3 is 9.47 Å². The zero-order chi connectivity index (χ0) is 10.6. The molecule has 1 rings (SSSR count). The fraction of sp³-hybridized carbons (Fsp3) is 1.00. The molecule has 3 nitrogen and oxygen atoms in total. The second kappa shape index (κ2) is 5.10. The molecule has 0 aromatic carbocycles. The molecule has 1 aliphatic heterocycles. The Hall–Kier alpha value is -0.120. The van der Waals surface area contributed by atoms with Crippen molar-refractivity contribution in [3.05, 3.63) is 0 Å². The predicted octanol–water partition coefficient (Wildman–Crippen LogP) is 1.97. The third-order valence-corrected chi connectivity index (χ3v) is 3.78. The minimum Gasteiger partial charge on any atom is -0.333 e. The Morgan fingerprint density at radius 3 is 1.64 bits per heavy atom. The molecule has 1 fully saturated rings. The lowest BCUT2D eigenvalue weighted by atomic mass is 10.1. The van der Waals surface area contributed by atoms with Gasteiger partial charge in [-0.3, -0.25) is 4.48 Å². The van der Waals surface area contributed by atoms with Crippen LogP contribution in [0.15, 0.2) is 0 Å². The number of ether oxygens (including phenoxy) is 2. The Kier molecular flexibility index (Phi) is 4.35. The van der Waals surface area contributed by atoms with Gasteiger partial charge in [-0.25, -0.2) is 0 Å². The lowest BCUT2D eigenvalue weighted by Gasteiger charge is -2.48. The minimum absolute atomic E-state index is 0.241. The normalized spacial score (nSPS) is 25.7. The highest BCUT2D eigenvalue weighted by molar-refractivity contribution is 4.56. The average Bonchev–Trinajstić information content (AvgIpc) is 2.27. The Bertz CT molecular complexity index is 155. The standard InChI is InChI=1S/C11H24NO2/c1-10(13-3)12(11(2)14-4)8-6-5-7-9-12/h10-11H,5-9H2,1-4H3/q+1. The molecule has 0 bridgehead atoms. The summed E-state index contributed by atoms with van der Waals surface area (Å²) in [5.41, 5.74) is 0. The van der Waals surface area contributed by atoms with Crippen molar-refractivity contribution in [1.29, 1.82) is 0 Å². The summed E-state index contributed by atoms with van der Waals surface area (Å²) < 4.78 is 12.0. The number of methoxy groups -OCH3 is 2. The van der Waals surface area contributed by atoms with E-state index in [4.69, 9.17) is 9.47 Å². The van der Waals surface area contributed by atoms with Gasteiger partial charge in [-0.05, 0) is 19.3 Å². The number of quaternary nitrogens is 1. The third kappa shape index (κ3) is 2.10. The maximum Gasteiger partial charge on any atom is 0.192 e. The van der Waals surface area contributed by atoms with E-state index in [-0.39, 0.29) is 12.5 Å². The van der Waals surface area contributed by atoms with Crippen LogP contribution < -0.4 is 0 Å². The molecule has 3 heteroatoms. The average molecular weight is 202 g/mol. The first-order valence-electron chi connectivity index (χ1n) is 5.59. The highest BCUT2D eigenvalue weighted by Crippen LogP contribution is 2.27. The summed E-state index contributed by atoms with van der Waals surface area (Å²) in [4.78, 5) is 0. The van der Waals surface area contributed by atoms with E-state index in [1.54, 1.807) is 14.2 Å². The summed E-state index contributed by atoms with van der Waals surface area (Å²) in [5, 5.41) is 0. The summed E-state index contributed by atoms with van der Waals surface area (Å²) in [5.74, 6) is 0. The van der Waals surface area contributed by atoms with E-state index in [0.29, 0.717) is 0 Å². The highest BCUT2D eigenvalue weighted by Gasteiger charge is 2.40. The van der Waals surface area contributed by atoms with E-state index in [1.165, 1.54) is 32.4 Å². The monoisotopic (exact) mass is 202 g/mol. The summed E-state index contributed by atoms with van der Waals surface area (Å²) >= 11 is 0. The molecule has 0 aromatic heterocycles. The zero-order valence-corrected chi connectivity index (χ0v) is 9.95. The molecule has 14 heavy (non-hydrogen) atoms. The van der Waals surface area contributed by atoms with Crippen molar-refractivity contribution in [2.24, 2.45) is 0 Å². The van der Waals surface area contributed by atoms with Gasteiger partial charge in [0.2, 0.25) is 0 Å². The van der Waals surface area contributed by atoms with E-state index < -0.39 is 0 Å². The van der Waals surface area contributed by atoms with Gasteiger partial charge in [-0.2, -0.15) is 0 Å². The summed E-state index contributed by atoms with van der Waals surface area (Å²) in [6, 6.07) is 0. The van der Waals surface area contributed by atoms with E-state index >= 15 is 0 Å². The summed E-state index contributed by atoms with van der Waals surface area (Å²) in [7, 11) is 3.59. The number of nitrogens with zero attached hydrogens (tertiary/aromatic N) is 1. The molecule has 2 atom stereocenters. The molecule has 0 aliphatic carbocycles. The molecule has 0 N–H and O–H groups in total. The van der Waals surface area contributed by atoms with Crippen LogP contribution in [0.4, 0.5) is 0 Å². The van der Waals surface area contributed by atoms with Crippen molar-refractivity contribution in [2.45, 2.75) is 45.6 Å². The van der Waals surface area contributed by atoms with Crippen LogP contribution in [0.25, 0.3) is 0 Å². The Balaban J connectivity index is 2.76. The van der Waals surface area contributed by atoms with Crippen LogP contribution >= 0.6 is 0 Å². The van der Waals surface area contributed by atoms with Crippen molar-refractivity contribution in [2.75, 3.05) is 27.3 Å². The van der Waals surface area contributed by atoms with Crippen molar-refractivity contribution in [1.82, 2.24) is 0 Å². The smallest absolute Gasteiger partial charge is 0.192 e. The molecule has 0 amide bonds. The van der Waals surface area contributed by atoms with Crippen LogP contribution in [0.5, 0.6) is 0 Å². The van der Waals surface area contributed by atoms with E-state index in [2.05, 4.69) is 13.8 Å². The maximum absolute atomic E-state index is 5.51. The number of piperidine rings is 1. The van der Waals surface area contributed by atoms with Crippen molar-refractivity contribution in [3.8, 4) is 0 Å². The molecule has 84 valence electrons. The fourth-order valence-electron chi connectivity index (χ4n) is 2.54. The molecular weight excluding hydrogens is 178 g/mol. The van der Waals surface area contributed by atoms with E-state index in [0.717, 1.165) is 4.48 Å². The molecule has 0 spiro atoms. The van der Waals surface area contributed by atoms with Crippen LogP contribution in [0.2, 0.25) is 0 Å². The predicted molar refractivity (Wildman–Crippen MR) is 56.8 cm³/mol. The largest absolute Gasteiger partial charge is 0.333 e. The summed E-state index contributed by atoms with van der Waals surface area (Å²) in [6.45, 7) is 6.68. The van der Waals surface area contributed by atoms with Gasteiger partial charge in [0.1, 0.15) is 0 Å². The second-order valence-electron chi connectivity index (χ2n) is 4.28. The van der Waals surface area contributed by atoms with Crippen molar-refractivity contribution >= 4 is 0 Å². The molecular formula is C11H24NO2+. The lowest BCUT2D eigenvalue weighted by molar-refractivity contribution is -1.01. The molecule has 1 heterocycles. The summed E-state index contributed by atoms with van der Waals surface area (Å²) in [6.07, 6.45) is 4.42. The molecule has 1 aliphatic rings. The van der Waals surface area contributed by atoms with Crippen LogP contribution in [0.3, 0.4) is 0 Å². The quantitative estimate of drug-likeness (QED) is 0.649. The van der Waals surface area contributed by atoms with Gasteiger partial charge in [0, 0.05) is 28.1 Å². The Morgan fingerprint density at radius 2 is 1.29 bits per heavy atom. The molecule has 0 saturated carbocycles. The minimum atomic E-state index is 0.241. The van der Waals surface area contributed by atoms with Gasteiger partial charge in [0.15, 0.2) is 12.5 Å². The zero-order valence-electron chi connectivity index (χ0n) is 9.95. The molecule has 0 aromatic rings. The van der Waals surface area contributed by atoms with E-state index in [1.807, 2.05) is 0 Å². The molecule has 0 radical (unpaired) electrons. The number of rotatable bonds is 4. The topological polar surface area (TPSA) is 18.5 Å². The van der Waals surface area contributed by atoms with Crippen LogP contribution in [0.1, 0.15) is 33.1 Å². The van der Waals surface area contributed by atoms with Gasteiger partial charge in [-0.1, -0.05) is 0 Å². The van der Waals surface area contributed by atoms with Crippen LogP contribution in [0, 0.1) is 0 Å². The lowest BCUT2D eigenvalue weighted by Crippen LogP contribution is -2.63. The SMILES string of the molecule is COC(C)[N+]1(C(C)OC)CCCCC1. The Labute approximate surface area is 87.6 Å². The van der Waals surface area contributed by atoms with Gasteiger partial charge in [0.05, 0.1) is 13.1 Å².